The van der Waals surface area contributed by atoms with Crippen molar-refractivity contribution in [3.05, 3.63) is 89.5 Å². The summed E-state index contributed by atoms with van der Waals surface area (Å²) in [5.41, 5.74) is 1.09. The van der Waals surface area contributed by atoms with Crippen LogP contribution in [0.25, 0.3) is 11.6 Å². The number of para-hydroxylation sites is 1. The normalized spacial score (nSPS) is 10.8. The minimum atomic E-state index is -0.528. The summed E-state index contributed by atoms with van der Waals surface area (Å²) in [6.07, 6.45) is 1.47. The zero-order chi connectivity index (χ0) is 22.2. The van der Waals surface area contributed by atoms with Gasteiger partial charge in [-0.2, -0.15) is 5.26 Å². The molecule has 0 unspecified atom stereocenters. The number of hydrogen-bond donors (Lipinski definition) is 1. The lowest BCUT2D eigenvalue weighted by Gasteiger charge is -2.14. The van der Waals surface area contributed by atoms with Crippen molar-refractivity contribution < 1.29 is 23.0 Å². The summed E-state index contributed by atoms with van der Waals surface area (Å²) in [6.45, 7) is -0.361. The Morgan fingerprint density at radius 1 is 1.06 bits per heavy atom. The van der Waals surface area contributed by atoms with Crippen LogP contribution < -0.4 is 14.8 Å². The third-order valence-corrected chi connectivity index (χ3v) is 4.29. The van der Waals surface area contributed by atoms with Crippen molar-refractivity contribution in [1.82, 2.24) is 0 Å². The van der Waals surface area contributed by atoms with Crippen molar-refractivity contribution in [2.45, 2.75) is 0 Å². The fourth-order valence-electron chi connectivity index (χ4n) is 2.84. The molecule has 1 amide bonds. The van der Waals surface area contributed by atoms with E-state index in [4.69, 9.17) is 9.47 Å². The number of ether oxygens (including phenoxy) is 2. The number of nitriles is 1. The average molecular weight is 420 g/mol. The highest BCUT2D eigenvalue weighted by atomic mass is 19.1. The fraction of sp³-hybridized carbons (Fsp3) is 0.0833. The molecule has 1 N–H and O–H groups in total. The number of amides is 1. The first-order valence-corrected chi connectivity index (χ1v) is 9.23. The molecule has 31 heavy (non-hydrogen) atoms. The van der Waals surface area contributed by atoms with Gasteiger partial charge in [0, 0.05) is 16.8 Å². The SMILES string of the molecule is COc1cccc(C=C(C#N)c2ccccc2F)c1OCC(=O)Nc1ccc(F)cc1. The van der Waals surface area contributed by atoms with Crippen LogP contribution in [0.15, 0.2) is 66.7 Å². The Labute approximate surface area is 178 Å². The van der Waals surface area contributed by atoms with Gasteiger partial charge in [-0.25, -0.2) is 8.78 Å². The number of methoxy groups -OCH3 is 1. The number of hydrogen-bond acceptors (Lipinski definition) is 4. The van der Waals surface area contributed by atoms with Gasteiger partial charge in [-0.3, -0.25) is 4.79 Å². The molecular weight excluding hydrogens is 402 g/mol. The lowest BCUT2D eigenvalue weighted by Crippen LogP contribution is -2.20. The predicted octanol–water partition coefficient (Wildman–Crippen LogP) is 5.06. The highest BCUT2D eigenvalue weighted by Crippen LogP contribution is 2.34. The summed E-state index contributed by atoms with van der Waals surface area (Å²) in [4.78, 5) is 12.2. The van der Waals surface area contributed by atoms with E-state index in [-0.39, 0.29) is 23.5 Å². The van der Waals surface area contributed by atoms with Crippen molar-refractivity contribution in [3.8, 4) is 17.6 Å². The van der Waals surface area contributed by atoms with Crippen LogP contribution in [0.4, 0.5) is 14.5 Å². The minimum Gasteiger partial charge on any atom is -0.493 e. The molecule has 156 valence electrons. The van der Waals surface area contributed by atoms with E-state index in [1.54, 1.807) is 24.3 Å². The first-order chi connectivity index (χ1) is 15.0. The Kier molecular flexibility index (Phi) is 6.97. The molecule has 0 spiro atoms. The standard InChI is InChI=1S/C24H18F2N2O3/c1-30-22-8-4-5-16(13-17(14-27)20-6-2-3-7-21(20)26)24(22)31-15-23(29)28-19-11-9-18(25)10-12-19/h2-13H,15H2,1H3,(H,28,29). The maximum atomic E-state index is 14.1. The molecule has 0 aliphatic carbocycles. The molecule has 0 fully saturated rings. The summed E-state index contributed by atoms with van der Waals surface area (Å²) < 4.78 is 38.1. The summed E-state index contributed by atoms with van der Waals surface area (Å²) in [6, 6.07) is 18.2. The summed E-state index contributed by atoms with van der Waals surface area (Å²) in [7, 11) is 1.44. The Balaban J connectivity index is 1.85. The number of allylic oxidation sites excluding steroid dienone is 1. The van der Waals surface area contributed by atoms with Gasteiger partial charge in [0.15, 0.2) is 18.1 Å². The van der Waals surface area contributed by atoms with E-state index in [1.807, 2.05) is 6.07 Å². The topological polar surface area (TPSA) is 71.3 Å². The first kappa shape index (κ1) is 21.5. The maximum Gasteiger partial charge on any atom is 0.262 e. The van der Waals surface area contributed by atoms with Crippen molar-refractivity contribution in [1.29, 1.82) is 5.26 Å². The molecule has 0 atom stereocenters. The van der Waals surface area contributed by atoms with Crippen LogP contribution in [0, 0.1) is 23.0 Å². The molecular formula is C24H18F2N2O3. The molecule has 0 saturated heterocycles. The lowest BCUT2D eigenvalue weighted by molar-refractivity contribution is -0.118. The average Bonchev–Trinajstić information content (AvgIpc) is 2.78. The lowest BCUT2D eigenvalue weighted by atomic mass is 10.0. The second-order valence-corrected chi connectivity index (χ2v) is 6.37. The first-order valence-electron chi connectivity index (χ1n) is 9.23. The summed E-state index contributed by atoms with van der Waals surface area (Å²) in [5.74, 6) is -0.846. The second kappa shape index (κ2) is 10.0. The zero-order valence-corrected chi connectivity index (χ0v) is 16.6. The molecule has 0 bridgehead atoms. The predicted molar refractivity (Wildman–Crippen MR) is 113 cm³/mol. The monoisotopic (exact) mass is 420 g/mol. The zero-order valence-electron chi connectivity index (χ0n) is 16.6. The molecule has 0 heterocycles. The number of carbonyl (C=O) groups is 1. The van der Waals surface area contributed by atoms with Gasteiger partial charge in [-0.15, -0.1) is 0 Å². The van der Waals surface area contributed by atoms with Gasteiger partial charge in [0.1, 0.15) is 11.6 Å². The Morgan fingerprint density at radius 2 is 1.81 bits per heavy atom. The molecule has 0 saturated carbocycles. The number of nitrogens with one attached hydrogen (secondary N) is 1. The molecule has 5 nitrogen and oxygen atoms in total. The number of carbonyl (C=O) groups excluding carboxylic acids is 1. The van der Waals surface area contributed by atoms with Crippen molar-refractivity contribution in [2.24, 2.45) is 0 Å². The largest absolute Gasteiger partial charge is 0.493 e. The van der Waals surface area contributed by atoms with Crippen LogP contribution in [-0.2, 0) is 4.79 Å². The number of anilines is 1. The molecule has 3 aromatic carbocycles. The van der Waals surface area contributed by atoms with Crippen molar-refractivity contribution >= 4 is 23.2 Å². The number of halogens is 2. The summed E-state index contributed by atoms with van der Waals surface area (Å²) >= 11 is 0. The second-order valence-electron chi connectivity index (χ2n) is 6.37. The third kappa shape index (κ3) is 5.46. The van der Waals surface area contributed by atoms with E-state index in [0.717, 1.165) is 0 Å². The molecule has 7 heteroatoms. The van der Waals surface area contributed by atoms with E-state index < -0.39 is 17.5 Å². The molecule has 3 aromatic rings. The van der Waals surface area contributed by atoms with Gasteiger partial charge >= 0.3 is 0 Å². The van der Waals surface area contributed by atoms with Crippen LogP contribution in [0.3, 0.4) is 0 Å². The Hall–Kier alpha value is -4.18. The van der Waals surface area contributed by atoms with Crippen LogP contribution in [0.2, 0.25) is 0 Å². The fourth-order valence-corrected chi connectivity index (χ4v) is 2.84. The Bertz CT molecular complexity index is 1150. The Morgan fingerprint density at radius 3 is 2.48 bits per heavy atom. The number of nitrogens with zero attached hydrogens (tertiary/aromatic N) is 1. The van der Waals surface area contributed by atoms with Gasteiger partial charge in [0.2, 0.25) is 0 Å². The number of benzene rings is 3. The van der Waals surface area contributed by atoms with E-state index >= 15 is 0 Å². The summed E-state index contributed by atoms with van der Waals surface area (Å²) in [5, 5.41) is 12.1. The van der Waals surface area contributed by atoms with Gasteiger partial charge in [-0.1, -0.05) is 30.3 Å². The molecule has 0 aliphatic heterocycles. The van der Waals surface area contributed by atoms with Crippen molar-refractivity contribution in [3.63, 3.8) is 0 Å². The van der Waals surface area contributed by atoms with Gasteiger partial charge in [0.05, 0.1) is 18.8 Å². The van der Waals surface area contributed by atoms with E-state index in [2.05, 4.69) is 5.32 Å². The minimum absolute atomic E-state index is 0.0898. The molecule has 0 aromatic heterocycles. The van der Waals surface area contributed by atoms with Crippen LogP contribution in [-0.4, -0.2) is 19.6 Å². The van der Waals surface area contributed by atoms with E-state index in [9.17, 15) is 18.8 Å². The van der Waals surface area contributed by atoms with Gasteiger partial charge in [-0.05, 0) is 42.5 Å². The highest BCUT2D eigenvalue weighted by molar-refractivity contribution is 5.93. The smallest absolute Gasteiger partial charge is 0.262 e. The maximum absolute atomic E-state index is 14.1. The van der Waals surface area contributed by atoms with E-state index in [1.165, 1.54) is 55.7 Å². The van der Waals surface area contributed by atoms with E-state index in [0.29, 0.717) is 17.0 Å². The highest BCUT2D eigenvalue weighted by Gasteiger charge is 2.14. The molecule has 0 radical (unpaired) electrons. The number of rotatable bonds is 7. The van der Waals surface area contributed by atoms with Gasteiger partial charge in [0.25, 0.3) is 5.91 Å². The third-order valence-electron chi connectivity index (χ3n) is 4.29. The van der Waals surface area contributed by atoms with Gasteiger partial charge < -0.3 is 14.8 Å². The van der Waals surface area contributed by atoms with Crippen LogP contribution in [0.5, 0.6) is 11.5 Å². The van der Waals surface area contributed by atoms with Crippen LogP contribution >= 0.6 is 0 Å². The quantitative estimate of drug-likeness (QED) is 0.429. The molecule has 3 rings (SSSR count). The van der Waals surface area contributed by atoms with Crippen molar-refractivity contribution in [2.75, 3.05) is 19.0 Å². The molecule has 0 aliphatic rings. The van der Waals surface area contributed by atoms with Crippen LogP contribution in [0.1, 0.15) is 11.1 Å².